The number of H-pyrrole nitrogens is 1. The van der Waals surface area contributed by atoms with Gasteiger partial charge in [0.2, 0.25) is 0 Å². The fraction of sp³-hybridized carbons (Fsp3) is 0.824. The molecule has 4 bridgehead atoms. The molecule has 1 aromatic heterocycles. The lowest BCUT2D eigenvalue weighted by Crippen LogP contribution is -2.47. The lowest BCUT2D eigenvalue weighted by Gasteiger charge is -2.57. The number of aromatic amines is 1. The van der Waals surface area contributed by atoms with Crippen molar-refractivity contribution in [2.45, 2.75) is 64.7 Å². The number of anilines is 1. The zero-order chi connectivity index (χ0) is 13.7. The van der Waals surface area contributed by atoms with Gasteiger partial charge in [0.25, 0.3) is 0 Å². The predicted octanol–water partition coefficient (Wildman–Crippen LogP) is 3.70. The van der Waals surface area contributed by atoms with Gasteiger partial charge in [-0.05, 0) is 74.5 Å². The highest BCUT2D eigenvalue weighted by Gasteiger charge is 2.51. The molecule has 1 aromatic rings. The summed E-state index contributed by atoms with van der Waals surface area (Å²) in [5.74, 6) is 3.82. The summed E-state index contributed by atoms with van der Waals surface area (Å²) in [6.45, 7) is 2.23. The number of rotatable bonds is 4. The van der Waals surface area contributed by atoms with Crippen LogP contribution in [0, 0.1) is 23.2 Å². The van der Waals surface area contributed by atoms with Crippen molar-refractivity contribution in [3.63, 3.8) is 0 Å². The van der Waals surface area contributed by atoms with Crippen LogP contribution in [-0.2, 0) is 12.8 Å². The van der Waals surface area contributed by atoms with E-state index >= 15 is 0 Å². The molecule has 0 unspecified atom stereocenters. The number of nitrogen functional groups attached to an aromatic ring is 1. The standard InChI is InChI=1S/C17H27N3/c1-2-3-15-14(16(18)20-19-15)10-17-7-11-4-12(8-17)6-13(5-11)9-17/h11-13H,2-10H2,1H3,(H3,18,19,20). The summed E-state index contributed by atoms with van der Waals surface area (Å²) >= 11 is 0. The molecular formula is C17H27N3. The van der Waals surface area contributed by atoms with Gasteiger partial charge in [-0.1, -0.05) is 13.3 Å². The van der Waals surface area contributed by atoms with Crippen molar-refractivity contribution in [1.82, 2.24) is 10.2 Å². The maximum Gasteiger partial charge on any atom is 0.148 e. The molecule has 0 atom stereocenters. The summed E-state index contributed by atoms with van der Waals surface area (Å²) in [4.78, 5) is 0. The van der Waals surface area contributed by atoms with E-state index in [1.54, 1.807) is 0 Å². The van der Waals surface area contributed by atoms with Gasteiger partial charge in [0.05, 0.1) is 0 Å². The van der Waals surface area contributed by atoms with Crippen molar-refractivity contribution in [2.24, 2.45) is 23.2 Å². The van der Waals surface area contributed by atoms with Crippen LogP contribution in [0.3, 0.4) is 0 Å². The van der Waals surface area contributed by atoms with Crippen molar-refractivity contribution in [2.75, 3.05) is 5.73 Å². The highest BCUT2D eigenvalue weighted by Crippen LogP contribution is 2.61. The van der Waals surface area contributed by atoms with Gasteiger partial charge in [-0.2, -0.15) is 5.10 Å². The van der Waals surface area contributed by atoms with Crippen LogP contribution in [0.4, 0.5) is 5.82 Å². The molecule has 4 aliphatic carbocycles. The Hall–Kier alpha value is -0.990. The van der Waals surface area contributed by atoms with Gasteiger partial charge in [0.15, 0.2) is 0 Å². The Labute approximate surface area is 121 Å². The molecule has 5 rings (SSSR count). The zero-order valence-corrected chi connectivity index (χ0v) is 12.6. The van der Waals surface area contributed by atoms with Gasteiger partial charge in [-0.25, -0.2) is 0 Å². The Morgan fingerprint density at radius 1 is 1.15 bits per heavy atom. The highest BCUT2D eigenvalue weighted by molar-refractivity contribution is 5.43. The van der Waals surface area contributed by atoms with Crippen LogP contribution in [0.15, 0.2) is 0 Å². The summed E-state index contributed by atoms with van der Waals surface area (Å²) in [7, 11) is 0. The number of nitrogens with one attached hydrogen (secondary N) is 1. The van der Waals surface area contributed by atoms with E-state index in [0.717, 1.165) is 36.4 Å². The molecular weight excluding hydrogens is 246 g/mol. The third-order valence-electron chi connectivity index (χ3n) is 6.20. The second kappa shape index (κ2) is 4.51. The first-order chi connectivity index (χ1) is 9.67. The Bertz CT molecular complexity index is 467. The Morgan fingerprint density at radius 2 is 1.75 bits per heavy atom. The van der Waals surface area contributed by atoms with E-state index in [-0.39, 0.29) is 0 Å². The minimum Gasteiger partial charge on any atom is -0.382 e. The topological polar surface area (TPSA) is 54.7 Å². The van der Waals surface area contributed by atoms with E-state index in [9.17, 15) is 0 Å². The Kier molecular flexibility index (Phi) is 2.87. The van der Waals surface area contributed by atoms with Crippen LogP contribution in [0.2, 0.25) is 0 Å². The first kappa shape index (κ1) is 12.7. The third kappa shape index (κ3) is 1.97. The molecule has 20 heavy (non-hydrogen) atoms. The SMILES string of the molecule is CCCc1[nH]nc(N)c1CC12CC3CC(CC(C3)C1)C2. The molecule has 4 fully saturated rings. The highest BCUT2D eigenvalue weighted by atomic mass is 15.2. The number of aryl methyl sites for hydroxylation is 1. The zero-order valence-electron chi connectivity index (χ0n) is 12.6. The van der Waals surface area contributed by atoms with Crippen LogP contribution >= 0.6 is 0 Å². The molecule has 110 valence electrons. The fourth-order valence-electron chi connectivity index (χ4n) is 5.95. The quantitative estimate of drug-likeness (QED) is 0.878. The molecule has 0 amide bonds. The summed E-state index contributed by atoms with van der Waals surface area (Å²) in [5.41, 5.74) is 9.38. The lowest BCUT2D eigenvalue weighted by atomic mass is 9.48. The first-order valence-corrected chi connectivity index (χ1v) is 8.49. The van der Waals surface area contributed by atoms with Gasteiger partial charge >= 0.3 is 0 Å². The molecule has 0 radical (unpaired) electrons. The third-order valence-corrected chi connectivity index (χ3v) is 6.20. The van der Waals surface area contributed by atoms with Gasteiger partial charge in [-0.15, -0.1) is 0 Å². The molecule has 3 nitrogen and oxygen atoms in total. The molecule has 3 N–H and O–H groups in total. The smallest absolute Gasteiger partial charge is 0.148 e. The predicted molar refractivity (Wildman–Crippen MR) is 81.3 cm³/mol. The summed E-state index contributed by atoms with van der Waals surface area (Å²) < 4.78 is 0. The van der Waals surface area contributed by atoms with Crippen LogP contribution in [-0.4, -0.2) is 10.2 Å². The molecule has 3 heteroatoms. The van der Waals surface area contributed by atoms with E-state index in [1.165, 1.54) is 56.2 Å². The lowest BCUT2D eigenvalue weighted by molar-refractivity contribution is -0.0521. The van der Waals surface area contributed by atoms with E-state index in [0.29, 0.717) is 5.41 Å². The van der Waals surface area contributed by atoms with Crippen LogP contribution in [0.5, 0.6) is 0 Å². The summed E-state index contributed by atoms with van der Waals surface area (Å²) in [6.07, 6.45) is 12.3. The summed E-state index contributed by atoms with van der Waals surface area (Å²) in [5, 5.41) is 7.47. The average molecular weight is 273 g/mol. The van der Waals surface area contributed by atoms with Crippen LogP contribution < -0.4 is 5.73 Å². The van der Waals surface area contributed by atoms with E-state index < -0.39 is 0 Å². The number of nitrogens with zero attached hydrogens (tertiary/aromatic N) is 1. The molecule has 0 spiro atoms. The van der Waals surface area contributed by atoms with Gasteiger partial charge in [-0.3, -0.25) is 5.10 Å². The maximum atomic E-state index is 6.16. The number of hydrogen-bond donors (Lipinski definition) is 2. The van der Waals surface area contributed by atoms with Crippen LogP contribution in [0.25, 0.3) is 0 Å². The van der Waals surface area contributed by atoms with Crippen molar-refractivity contribution >= 4 is 5.82 Å². The number of aromatic nitrogens is 2. The van der Waals surface area contributed by atoms with E-state index in [4.69, 9.17) is 5.73 Å². The molecule has 0 aliphatic heterocycles. The second-order valence-electron chi connectivity index (χ2n) is 7.91. The second-order valence-corrected chi connectivity index (χ2v) is 7.91. The molecule has 0 saturated heterocycles. The van der Waals surface area contributed by atoms with Crippen LogP contribution in [0.1, 0.15) is 63.1 Å². The fourth-order valence-corrected chi connectivity index (χ4v) is 5.95. The Morgan fingerprint density at radius 3 is 2.30 bits per heavy atom. The van der Waals surface area contributed by atoms with Crippen molar-refractivity contribution in [1.29, 1.82) is 0 Å². The summed E-state index contributed by atoms with van der Waals surface area (Å²) in [6, 6.07) is 0. The van der Waals surface area contributed by atoms with E-state index in [2.05, 4.69) is 17.1 Å². The van der Waals surface area contributed by atoms with Gasteiger partial charge in [0.1, 0.15) is 5.82 Å². The van der Waals surface area contributed by atoms with Gasteiger partial charge < -0.3 is 5.73 Å². The Balaban J connectivity index is 1.61. The normalized spacial score (nSPS) is 38.5. The van der Waals surface area contributed by atoms with Gasteiger partial charge in [0, 0.05) is 11.3 Å². The number of nitrogens with two attached hydrogens (primary N) is 1. The molecule has 1 heterocycles. The van der Waals surface area contributed by atoms with Crippen molar-refractivity contribution in [3.8, 4) is 0 Å². The monoisotopic (exact) mass is 273 g/mol. The maximum absolute atomic E-state index is 6.16. The van der Waals surface area contributed by atoms with Crippen molar-refractivity contribution < 1.29 is 0 Å². The minimum atomic E-state index is 0.565. The van der Waals surface area contributed by atoms with E-state index in [1.807, 2.05) is 0 Å². The first-order valence-electron chi connectivity index (χ1n) is 8.49. The largest absolute Gasteiger partial charge is 0.382 e. The minimum absolute atomic E-state index is 0.565. The molecule has 4 saturated carbocycles. The van der Waals surface area contributed by atoms with Crippen molar-refractivity contribution in [3.05, 3.63) is 11.3 Å². The number of hydrogen-bond acceptors (Lipinski definition) is 2. The average Bonchev–Trinajstić information content (AvgIpc) is 2.70. The molecule has 4 aliphatic rings. The molecule has 0 aromatic carbocycles.